The van der Waals surface area contributed by atoms with Crippen LogP contribution in [0.2, 0.25) is 0 Å². The first-order valence-electron chi connectivity index (χ1n) is 27.4. The average molecular weight is 916 g/mol. The molecule has 364 valence electrons. The van der Waals surface area contributed by atoms with Crippen LogP contribution in [0.1, 0.15) is 171 Å². The molecule has 0 amide bonds. The second kappa shape index (κ2) is 16.5. The van der Waals surface area contributed by atoms with E-state index in [1.807, 2.05) is 0 Å². The van der Waals surface area contributed by atoms with Crippen LogP contribution in [-0.4, -0.2) is 80.5 Å². The fraction of sp³-hybridized carbons (Fsp3) is 0.893. The molecule has 0 radical (unpaired) electrons. The van der Waals surface area contributed by atoms with Gasteiger partial charge in [0.1, 0.15) is 0 Å². The highest BCUT2D eigenvalue weighted by Gasteiger charge is 2.62. The molecule has 5 saturated carbocycles. The van der Waals surface area contributed by atoms with Crippen LogP contribution in [0.5, 0.6) is 0 Å². The Labute approximate surface area is 394 Å². The molecule has 0 bridgehead atoms. The number of rotatable bonds is 2. The summed E-state index contributed by atoms with van der Waals surface area (Å²) in [6.45, 7) is 21.9. The number of allylic oxidation sites excluding steroid dienone is 3. The van der Waals surface area contributed by atoms with Crippen LogP contribution in [0.15, 0.2) is 33.9 Å². The van der Waals surface area contributed by atoms with E-state index in [2.05, 4.69) is 76.8 Å². The molecule has 8 aliphatic carbocycles. The number of aliphatic hydroxyl groups is 1. The van der Waals surface area contributed by atoms with Crippen molar-refractivity contribution in [2.45, 2.75) is 219 Å². The topological polar surface area (TPSA) is 109 Å². The summed E-state index contributed by atoms with van der Waals surface area (Å²) in [7, 11) is -3.13. The third kappa shape index (κ3) is 7.46. The Balaban J connectivity index is 0.000000146. The summed E-state index contributed by atoms with van der Waals surface area (Å²) >= 11 is 0. The largest absolute Gasteiger partial charge is 0.393 e. The Morgan fingerprint density at radius 1 is 0.738 bits per heavy atom. The minimum atomic E-state index is -3.13. The molecule has 4 aliphatic heterocycles. The summed E-state index contributed by atoms with van der Waals surface area (Å²) in [5, 5.41) is 18.0. The minimum Gasteiger partial charge on any atom is -0.393 e. The molecule has 0 aromatic carbocycles. The van der Waals surface area contributed by atoms with Crippen molar-refractivity contribution in [2.75, 3.05) is 19.3 Å². The lowest BCUT2D eigenvalue weighted by atomic mass is 9.52. The Hall–Kier alpha value is -1.07. The van der Waals surface area contributed by atoms with E-state index >= 15 is 0 Å². The maximum absolute atomic E-state index is 11.9. The maximum Gasteiger partial charge on any atom is 0.208 e. The fourth-order valence-electron chi connectivity index (χ4n) is 19.3. The molecule has 65 heavy (non-hydrogen) atoms. The van der Waals surface area contributed by atoms with Gasteiger partial charge in [-0.25, -0.2) is 13.1 Å². The van der Waals surface area contributed by atoms with Crippen LogP contribution in [0.4, 0.5) is 0 Å². The molecule has 8 nitrogen and oxygen atoms in total. The minimum absolute atomic E-state index is 0.0222. The fourth-order valence-corrected chi connectivity index (χ4v) is 20.1. The number of hydrogen-bond donors (Lipinski definition) is 4. The second-order valence-electron chi connectivity index (χ2n) is 26.2. The molecule has 12 aliphatic rings. The van der Waals surface area contributed by atoms with Crippen molar-refractivity contribution in [3.05, 3.63) is 33.9 Å². The van der Waals surface area contributed by atoms with E-state index in [-0.39, 0.29) is 23.3 Å². The number of nitrogens with one attached hydrogen (secondary N) is 3. The molecule has 12 rings (SSSR count). The van der Waals surface area contributed by atoms with Gasteiger partial charge < -0.3 is 25.2 Å². The number of hydrogen-bond acceptors (Lipinski definition) is 7. The van der Waals surface area contributed by atoms with Crippen LogP contribution in [0.3, 0.4) is 0 Å². The Morgan fingerprint density at radius 2 is 1.42 bits per heavy atom. The van der Waals surface area contributed by atoms with E-state index < -0.39 is 10.0 Å². The number of ether oxygens (including phenoxy) is 2. The monoisotopic (exact) mass is 916 g/mol. The molecule has 21 atom stereocenters. The number of fused-ring (bicyclic) bond motifs is 12. The van der Waals surface area contributed by atoms with Gasteiger partial charge in [0.15, 0.2) is 0 Å². The molecular weight excluding hydrogens is 827 g/mol. The van der Waals surface area contributed by atoms with E-state index in [4.69, 9.17) is 9.47 Å². The summed E-state index contributed by atoms with van der Waals surface area (Å²) in [6.07, 6.45) is 25.8. The molecule has 9 heteroatoms. The molecule has 4 saturated heterocycles. The predicted molar refractivity (Wildman–Crippen MR) is 260 cm³/mol. The van der Waals surface area contributed by atoms with Gasteiger partial charge >= 0.3 is 0 Å². The third-order valence-corrected chi connectivity index (χ3v) is 23.7. The Morgan fingerprint density at radius 3 is 2.15 bits per heavy atom. The zero-order chi connectivity index (χ0) is 45.6. The lowest BCUT2D eigenvalue weighted by molar-refractivity contribution is -0.0746. The van der Waals surface area contributed by atoms with Crippen LogP contribution in [0.25, 0.3) is 0 Å². The van der Waals surface area contributed by atoms with Crippen molar-refractivity contribution in [2.24, 2.45) is 75.9 Å². The van der Waals surface area contributed by atoms with Crippen molar-refractivity contribution in [1.82, 2.24) is 15.4 Å². The van der Waals surface area contributed by atoms with Gasteiger partial charge in [0, 0.05) is 30.0 Å². The van der Waals surface area contributed by atoms with Gasteiger partial charge in [0.25, 0.3) is 0 Å². The van der Waals surface area contributed by atoms with Gasteiger partial charge in [0.05, 0.1) is 35.8 Å². The molecule has 9 fully saturated rings. The van der Waals surface area contributed by atoms with Gasteiger partial charge in [-0.1, -0.05) is 69.9 Å². The van der Waals surface area contributed by atoms with E-state index in [1.54, 1.807) is 27.9 Å². The first-order chi connectivity index (χ1) is 30.8. The molecule has 0 aromatic rings. The molecule has 0 aromatic heterocycles. The number of aliphatic hydroxyl groups excluding tert-OH is 1. The average Bonchev–Trinajstić information content (AvgIpc) is 3.95. The van der Waals surface area contributed by atoms with E-state index in [1.165, 1.54) is 89.7 Å². The highest BCUT2D eigenvalue weighted by molar-refractivity contribution is 7.88. The quantitative estimate of drug-likeness (QED) is 0.204. The highest BCUT2D eigenvalue weighted by atomic mass is 32.2. The van der Waals surface area contributed by atoms with Crippen LogP contribution >= 0.6 is 0 Å². The van der Waals surface area contributed by atoms with E-state index in [0.717, 1.165) is 86.6 Å². The summed E-state index contributed by atoms with van der Waals surface area (Å²) in [5.41, 5.74) is 9.08. The number of piperidine rings is 2. The van der Waals surface area contributed by atoms with Gasteiger partial charge in [0.2, 0.25) is 10.0 Å². The smallest absolute Gasteiger partial charge is 0.208 e. The molecular formula is C56H89N3O5S. The van der Waals surface area contributed by atoms with Crippen LogP contribution < -0.4 is 15.4 Å². The molecule has 0 unspecified atom stereocenters. The van der Waals surface area contributed by atoms with Crippen molar-refractivity contribution >= 4 is 10.0 Å². The van der Waals surface area contributed by atoms with Crippen molar-refractivity contribution in [3.63, 3.8) is 0 Å². The second-order valence-corrected chi connectivity index (χ2v) is 28.0. The van der Waals surface area contributed by atoms with Gasteiger partial charge in [-0.05, 0) is 212 Å². The van der Waals surface area contributed by atoms with Gasteiger partial charge in [-0.3, -0.25) is 0 Å². The molecule has 4 heterocycles. The first kappa shape index (κ1) is 46.3. The highest BCUT2D eigenvalue weighted by Crippen LogP contribution is 2.67. The Bertz CT molecular complexity index is 2080. The summed E-state index contributed by atoms with van der Waals surface area (Å²) < 4.78 is 40.7. The van der Waals surface area contributed by atoms with E-state index in [9.17, 15) is 13.5 Å². The maximum atomic E-state index is 11.9. The zero-order valence-electron chi connectivity index (χ0n) is 42.0. The summed E-state index contributed by atoms with van der Waals surface area (Å²) in [4.78, 5) is 0. The summed E-state index contributed by atoms with van der Waals surface area (Å²) in [6, 6.07) is 1.19. The van der Waals surface area contributed by atoms with Crippen molar-refractivity contribution in [1.29, 1.82) is 0 Å². The molecule has 2 spiro atoms. The molecule has 4 N–H and O–H groups in total. The van der Waals surface area contributed by atoms with Crippen molar-refractivity contribution in [3.8, 4) is 0 Å². The zero-order valence-corrected chi connectivity index (χ0v) is 42.8. The van der Waals surface area contributed by atoms with Crippen LogP contribution in [-0.2, 0) is 19.5 Å². The third-order valence-electron chi connectivity index (χ3n) is 22.9. The van der Waals surface area contributed by atoms with E-state index in [0.29, 0.717) is 58.8 Å². The van der Waals surface area contributed by atoms with Gasteiger partial charge in [-0.2, -0.15) is 0 Å². The van der Waals surface area contributed by atoms with Crippen LogP contribution in [0, 0.1) is 75.9 Å². The predicted octanol–water partition coefficient (Wildman–Crippen LogP) is 10.0. The van der Waals surface area contributed by atoms with Crippen molar-refractivity contribution < 1.29 is 23.0 Å². The normalized spacial score (nSPS) is 53.4. The first-order valence-corrected chi connectivity index (χ1v) is 29.3. The lowest BCUT2D eigenvalue weighted by Gasteiger charge is -2.54. The number of sulfonamides is 1. The lowest BCUT2D eigenvalue weighted by Crippen LogP contribution is -2.50. The summed E-state index contributed by atoms with van der Waals surface area (Å²) in [5.74, 6) is 7.92. The SMILES string of the molecule is CC1=C2C[C@H]3[C@@H](CC=C4C[C@@H](O)CC[C@@]43C)[C@@H]2CC[C@]12O[C@@H]1C[C@H](C)CN[C@H]1[C@H]2C.CC1=C2C[C@H]3[C@@H](CC[C@@H]4C[C@H](NS(C)(=O)=O)CC[C@@]43C)[C@@H]2CC[C@@]2(C1)O[C@@H]1C[C@H](C)CN[C@H]1[C@H]2C. The van der Waals surface area contributed by atoms with Gasteiger partial charge in [-0.15, -0.1) is 0 Å². The Kier molecular flexibility index (Phi) is 11.8. The standard InChI is InChI=1S/C29H48N2O3S.C27H41NO2/c1-17-12-26-27(30-16-17)19(3)29(34-26)11-9-22-23-7-6-20-13-21(31-35(5,32)33)8-10-28(20,4)25(23)14-24(22)18(2)15-29;1-15-11-24-25(28-14-15)17(3)27(30-24)10-8-20-21-6-5-18-12-19(29)7-9-26(18,4)23(21)13-22(20)16(27)2/h17,19-23,25-27,30-31H,6-16H2,1-5H3;5,15,17,19-21,23-25,28-29H,6-14H2,1-4H3/t17-,19+,20+,21+,22-,23-,25-,26+,27-,28-,29-;15-,17+,19-,20-,21-,23-,24+,25-,26-,27-/m00/s1.